The van der Waals surface area contributed by atoms with Gasteiger partial charge in [-0.3, -0.25) is 0 Å². The van der Waals surface area contributed by atoms with E-state index in [4.69, 9.17) is 0 Å². The van der Waals surface area contributed by atoms with Crippen LogP contribution in [0.3, 0.4) is 0 Å². The standard InChI is InChI=1S/2C4H9.CH3Se.Al/c2*1-4(2)3;1-2;/h2*4H,1H2,2-3H3;1H3;. The molecule has 0 unspecified atom stereocenters. The zero-order chi connectivity index (χ0) is 9.28. The van der Waals surface area contributed by atoms with Gasteiger partial charge >= 0.3 is 21.8 Å². The summed E-state index contributed by atoms with van der Waals surface area (Å²) in [6, 6.07) is 0. The molecule has 2 heteroatoms. The molecule has 0 rings (SSSR count). The van der Waals surface area contributed by atoms with Crippen LogP contribution in [-0.4, -0.2) is 31.2 Å². The zero-order valence-corrected chi connectivity index (χ0v) is 11.4. The van der Waals surface area contributed by atoms with E-state index in [0.717, 1.165) is 27.1 Å². The molecule has 0 bridgehead atoms. The van der Waals surface area contributed by atoms with Gasteiger partial charge in [-0.1, -0.05) is 39.5 Å². The molecular weight excluding hydrogens is 214 g/mol. The van der Waals surface area contributed by atoms with Crippen LogP contribution in [0.15, 0.2) is 0 Å². The van der Waals surface area contributed by atoms with Crippen molar-refractivity contribution in [3.05, 3.63) is 0 Å². The Kier molecular flexibility index (Phi) is 14.6. The van der Waals surface area contributed by atoms with E-state index in [1.54, 1.807) is 0 Å². The summed E-state index contributed by atoms with van der Waals surface area (Å²) < 4.78 is 0. The third-order valence-corrected chi connectivity index (χ3v) is 3.83. The Morgan fingerprint density at radius 3 is 1.36 bits per heavy atom. The summed E-state index contributed by atoms with van der Waals surface area (Å²) in [7, 11) is 0. The third-order valence-electron chi connectivity index (χ3n) is 1.28. The van der Waals surface area contributed by atoms with Crippen LogP contribution in [0, 0.1) is 11.8 Å². The fourth-order valence-corrected chi connectivity index (χ4v) is 2.29. The van der Waals surface area contributed by atoms with Crippen LogP contribution in [0.5, 0.6) is 0 Å². The van der Waals surface area contributed by atoms with Crippen LogP contribution in [0.25, 0.3) is 0 Å². The van der Waals surface area contributed by atoms with Gasteiger partial charge in [-0.15, -0.1) is 10.6 Å². The summed E-state index contributed by atoms with van der Waals surface area (Å²) in [4.78, 5) is 0. The van der Waals surface area contributed by atoms with E-state index < -0.39 is 0 Å². The van der Waals surface area contributed by atoms with E-state index in [0.29, 0.717) is 0 Å². The molecule has 0 fully saturated rings. The second-order valence-corrected chi connectivity index (χ2v) is 5.07. The van der Waals surface area contributed by atoms with Crippen molar-refractivity contribution in [3.8, 4) is 0 Å². The molecule has 66 valence electrons. The zero-order valence-electron chi connectivity index (χ0n) is 8.55. The molecule has 0 atom stereocenters. The van der Waals surface area contributed by atoms with Crippen molar-refractivity contribution in [1.29, 1.82) is 0 Å². The summed E-state index contributed by atoms with van der Waals surface area (Å²) >= 11 is 3.38. The van der Waals surface area contributed by atoms with E-state index >= 15 is 0 Å². The molecule has 0 spiro atoms. The Morgan fingerprint density at radius 1 is 0.909 bits per heavy atom. The fourth-order valence-electron chi connectivity index (χ4n) is 0.763. The van der Waals surface area contributed by atoms with Gasteiger partial charge in [-0.2, -0.15) is 0 Å². The van der Waals surface area contributed by atoms with Gasteiger partial charge in [0.2, 0.25) is 15.2 Å². The topological polar surface area (TPSA) is 0 Å². The summed E-state index contributed by atoms with van der Waals surface area (Å²) in [6.45, 7) is 9.25. The molecule has 0 aliphatic rings. The second-order valence-electron chi connectivity index (χ2n) is 3.55. The third kappa shape index (κ3) is 18.2. The molecule has 0 saturated heterocycles. The predicted molar refractivity (Wildman–Crippen MR) is 56.7 cm³/mol. The Balaban J connectivity index is 0. The van der Waals surface area contributed by atoms with Crippen molar-refractivity contribution in [2.45, 2.75) is 44.1 Å². The van der Waals surface area contributed by atoms with Crippen molar-refractivity contribution in [2.24, 2.45) is 11.8 Å². The SMILES string of the molecule is CC(C)[CH2][Al][CH2]C(C)C.C[Se]. The predicted octanol–water partition coefficient (Wildman–Crippen LogP) is 3.04. The molecule has 11 heavy (non-hydrogen) atoms. The normalized spacial score (nSPS) is 9.45. The average molecular weight is 235 g/mol. The summed E-state index contributed by atoms with van der Waals surface area (Å²) in [5, 5.41) is 2.97. The van der Waals surface area contributed by atoms with Crippen LogP contribution < -0.4 is 0 Å². The molecule has 0 amide bonds. The maximum atomic E-state index is 2.62. The first kappa shape index (κ1) is 14.6. The Bertz CT molecular complexity index is 54.6. The second kappa shape index (κ2) is 11.1. The van der Waals surface area contributed by atoms with Crippen LogP contribution in [-0.2, 0) is 0 Å². The van der Waals surface area contributed by atoms with Gasteiger partial charge in [-0.05, 0) is 0 Å². The molecule has 0 saturated carbocycles. The Labute approximate surface area is 87.1 Å². The fraction of sp³-hybridized carbons (Fsp3) is 1.00. The first-order valence-electron chi connectivity index (χ1n) is 4.35. The van der Waals surface area contributed by atoms with Gasteiger partial charge in [0.1, 0.15) is 0 Å². The molecular formula is C9H21AlSe. The Hall–Kier alpha value is 1.05. The van der Waals surface area contributed by atoms with E-state index in [1.807, 2.05) is 5.82 Å². The summed E-state index contributed by atoms with van der Waals surface area (Å²) in [5.74, 6) is 3.73. The van der Waals surface area contributed by atoms with E-state index in [2.05, 4.69) is 43.7 Å². The molecule has 0 heterocycles. The molecule has 0 aliphatic heterocycles. The van der Waals surface area contributed by atoms with Crippen molar-refractivity contribution in [2.75, 3.05) is 0 Å². The first-order valence-corrected chi connectivity index (χ1v) is 7.70. The van der Waals surface area contributed by atoms with Crippen molar-refractivity contribution in [3.63, 3.8) is 0 Å². The molecule has 2 radical (unpaired) electrons. The number of hydrogen-bond acceptors (Lipinski definition) is 0. The Morgan fingerprint density at radius 2 is 1.18 bits per heavy atom. The molecule has 0 nitrogen and oxygen atoms in total. The molecule has 0 aromatic carbocycles. The van der Waals surface area contributed by atoms with E-state index in [1.165, 1.54) is 10.6 Å². The minimum absolute atomic E-state index is 0.755. The van der Waals surface area contributed by atoms with Gasteiger partial charge in [0.15, 0.2) is 0 Å². The molecule has 0 aromatic heterocycles. The summed E-state index contributed by atoms with van der Waals surface area (Å²) in [6.07, 6.45) is 0. The van der Waals surface area contributed by atoms with Gasteiger partial charge in [0, 0.05) is 0 Å². The minimum atomic E-state index is 0.755. The van der Waals surface area contributed by atoms with Crippen LogP contribution in [0.2, 0.25) is 16.4 Å². The van der Waals surface area contributed by atoms with Gasteiger partial charge in [-0.25, -0.2) is 0 Å². The maximum absolute atomic E-state index is 2.62. The summed E-state index contributed by atoms with van der Waals surface area (Å²) in [5.41, 5.74) is 0. The molecule has 0 N–H and O–H groups in total. The molecule has 0 aliphatic carbocycles. The van der Waals surface area contributed by atoms with Crippen molar-refractivity contribution >= 4 is 31.2 Å². The number of rotatable bonds is 4. The van der Waals surface area contributed by atoms with Crippen LogP contribution >= 0.6 is 0 Å². The average Bonchev–Trinajstić information content (AvgIpc) is 1.90. The first-order chi connectivity index (χ1) is 5.13. The van der Waals surface area contributed by atoms with Crippen molar-refractivity contribution < 1.29 is 0 Å². The van der Waals surface area contributed by atoms with Crippen molar-refractivity contribution in [1.82, 2.24) is 0 Å². The number of hydrogen-bond donors (Lipinski definition) is 0. The van der Waals surface area contributed by atoms with Crippen LogP contribution in [0.4, 0.5) is 0 Å². The quantitative estimate of drug-likeness (QED) is 0.657. The van der Waals surface area contributed by atoms with Gasteiger partial charge in [0.25, 0.3) is 0 Å². The van der Waals surface area contributed by atoms with E-state index in [-0.39, 0.29) is 0 Å². The van der Waals surface area contributed by atoms with E-state index in [9.17, 15) is 0 Å². The van der Waals surface area contributed by atoms with Gasteiger partial charge in [0.05, 0.1) is 0 Å². The molecule has 0 aromatic rings. The monoisotopic (exact) mass is 236 g/mol. The van der Waals surface area contributed by atoms with Gasteiger partial charge < -0.3 is 0 Å². The van der Waals surface area contributed by atoms with Crippen LogP contribution in [0.1, 0.15) is 27.7 Å².